The fourth-order valence-corrected chi connectivity index (χ4v) is 3.48. The summed E-state index contributed by atoms with van der Waals surface area (Å²) in [6.07, 6.45) is 4.85. The number of alkyl halides is 1. The summed E-state index contributed by atoms with van der Waals surface area (Å²) in [5, 5.41) is 3.02. The van der Waals surface area contributed by atoms with Crippen LogP contribution in [-0.2, 0) is 0 Å². The normalized spacial score (nSPS) is 21.7. The van der Waals surface area contributed by atoms with Crippen LogP contribution in [0.25, 0.3) is 0 Å². The molecule has 1 N–H and O–H groups in total. The third-order valence-corrected chi connectivity index (χ3v) is 5.20. The van der Waals surface area contributed by atoms with Crippen LogP contribution in [0.3, 0.4) is 0 Å². The van der Waals surface area contributed by atoms with Gasteiger partial charge in [-0.25, -0.2) is 0 Å². The van der Waals surface area contributed by atoms with E-state index in [9.17, 15) is 4.79 Å². The zero-order chi connectivity index (χ0) is 15.2. The lowest BCUT2D eigenvalue weighted by Crippen LogP contribution is -2.34. The smallest absolute Gasteiger partial charge is 0.255 e. The summed E-state index contributed by atoms with van der Waals surface area (Å²) in [6, 6.07) is 5.24. The van der Waals surface area contributed by atoms with E-state index in [0.717, 1.165) is 6.42 Å². The van der Waals surface area contributed by atoms with Crippen molar-refractivity contribution in [3.8, 4) is 11.5 Å². The fourth-order valence-electron chi connectivity index (χ4n) is 2.70. The largest absolute Gasteiger partial charge is 0.497 e. The van der Waals surface area contributed by atoms with E-state index in [1.807, 2.05) is 0 Å². The van der Waals surface area contributed by atoms with Gasteiger partial charge < -0.3 is 14.8 Å². The van der Waals surface area contributed by atoms with Gasteiger partial charge in [-0.15, -0.1) is 0 Å². The van der Waals surface area contributed by atoms with Gasteiger partial charge in [0.25, 0.3) is 5.91 Å². The molecule has 116 valence electrons. The first-order valence-corrected chi connectivity index (χ1v) is 8.21. The third-order valence-electron chi connectivity index (χ3n) is 3.99. The van der Waals surface area contributed by atoms with Crippen molar-refractivity contribution in [3.05, 3.63) is 23.8 Å². The number of nitrogens with one attached hydrogen (secondary N) is 1. The van der Waals surface area contributed by atoms with E-state index in [2.05, 4.69) is 21.2 Å². The van der Waals surface area contributed by atoms with Crippen LogP contribution < -0.4 is 14.8 Å². The lowest BCUT2D eigenvalue weighted by molar-refractivity contribution is 0.0941. The maximum Gasteiger partial charge on any atom is 0.255 e. The molecule has 1 aromatic carbocycles. The van der Waals surface area contributed by atoms with E-state index in [0.29, 0.717) is 34.4 Å². The number of amides is 1. The number of hydrogen-bond acceptors (Lipinski definition) is 3. The van der Waals surface area contributed by atoms with Gasteiger partial charge in [-0.3, -0.25) is 4.79 Å². The molecule has 1 amide bonds. The van der Waals surface area contributed by atoms with Crippen molar-refractivity contribution in [1.82, 2.24) is 5.32 Å². The van der Waals surface area contributed by atoms with E-state index in [1.165, 1.54) is 19.3 Å². The molecule has 2 unspecified atom stereocenters. The molecule has 1 fully saturated rings. The van der Waals surface area contributed by atoms with Gasteiger partial charge in [0, 0.05) is 11.4 Å². The molecule has 1 aliphatic rings. The van der Waals surface area contributed by atoms with Crippen molar-refractivity contribution < 1.29 is 14.3 Å². The molecule has 0 spiro atoms. The van der Waals surface area contributed by atoms with Crippen LogP contribution in [0.5, 0.6) is 11.5 Å². The average molecular weight is 356 g/mol. The number of methoxy groups -OCH3 is 2. The first-order chi connectivity index (χ1) is 10.2. The second kappa shape index (κ2) is 7.69. The highest BCUT2D eigenvalue weighted by Gasteiger charge is 2.23. The standard InChI is InChI=1S/C16H22BrNO3/c1-20-12-7-8-15(21-2)13(9-12)16(19)18-10-11-5-3-4-6-14(11)17/h7-9,11,14H,3-6,10H2,1-2H3,(H,18,19). The number of ether oxygens (including phenoxy) is 2. The zero-order valence-electron chi connectivity index (χ0n) is 12.5. The SMILES string of the molecule is COc1ccc(OC)c(C(=O)NCC2CCCCC2Br)c1. The van der Waals surface area contributed by atoms with Crippen molar-refractivity contribution in [2.24, 2.45) is 5.92 Å². The minimum absolute atomic E-state index is 0.115. The Balaban J connectivity index is 2.02. The maximum atomic E-state index is 12.4. The quantitative estimate of drug-likeness (QED) is 0.823. The molecule has 21 heavy (non-hydrogen) atoms. The summed E-state index contributed by atoms with van der Waals surface area (Å²) in [6.45, 7) is 0.690. The number of carbonyl (C=O) groups excluding carboxylic acids is 1. The highest BCUT2D eigenvalue weighted by molar-refractivity contribution is 9.09. The predicted octanol–water partition coefficient (Wildman–Crippen LogP) is 3.39. The molecule has 0 heterocycles. The molecule has 4 nitrogen and oxygen atoms in total. The molecule has 0 aromatic heterocycles. The number of hydrogen-bond donors (Lipinski definition) is 1. The number of halogens is 1. The van der Waals surface area contributed by atoms with Crippen molar-refractivity contribution in [2.45, 2.75) is 30.5 Å². The zero-order valence-corrected chi connectivity index (χ0v) is 14.1. The Bertz CT molecular complexity index is 492. The molecule has 2 atom stereocenters. The van der Waals surface area contributed by atoms with Crippen LogP contribution in [0, 0.1) is 5.92 Å². The average Bonchev–Trinajstić information content (AvgIpc) is 2.53. The number of carbonyl (C=O) groups is 1. The van der Waals surface area contributed by atoms with E-state index >= 15 is 0 Å². The Labute approximate surface area is 134 Å². The second-order valence-corrected chi connectivity index (χ2v) is 6.51. The van der Waals surface area contributed by atoms with Crippen LogP contribution in [0.2, 0.25) is 0 Å². The van der Waals surface area contributed by atoms with Gasteiger partial charge in [-0.2, -0.15) is 0 Å². The van der Waals surface area contributed by atoms with Gasteiger partial charge in [0.1, 0.15) is 11.5 Å². The van der Waals surface area contributed by atoms with E-state index in [-0.39, 0.29) is 5.91 Å². The molecule has 2 rings (SSSR count). The van der Waals surface area contributed by atoms with Crippen molar-refractivity contribution in [3.63, 3.8) is 0 Å². The Kier molecular flexibility index (Phi) is 5.91. The summed E-state index contributed by atoms with van der Waals surface area (Å²) >= 11 is 3.72. The third kappa shape index (κ3) is 4.13. The molecular formula is C16H22BrNO3. The lowest BCUT2D eigenvalue weighted by Gasteiger charge is -2.27. The Morgan fingerprint density at radius 3 is 2.71 bits per heavy atom. The van der Waals surface area contributed by atoms with Crippen molar-refractivity contribution >= 4 is 21.8 Å². The van der Waals surface area contributed by atoms with E-state index in [4.69, 9.17) is 9.47 Å². The first kappa shape index (κ1) is 16.1. The summed E-state index contributed by atoms with van der Waals surface area (Å²) in [7, 11) is 3.15. The molecule has 1 saturated carbocycles. The second-order valence-electron chi connectivity index (χ2n) is 5.34. The van der Waals surface area contributed by atoms with Gasteiger partial charge in [-0.05, 0) is 37.0 Å². The van der Waals surface area contributed by atoms with Gasteiger partial charge in [0.05, 0.1) is 19.8 Å². The predicted molar refractivity (Wildman–Crippen MR) is 86.6 cm³/mol. The van der Waals surface area contributed by atoms with Gasteiger partial charge >= 0.3 is 0 Å². The van der Waals surface area contributed by atoms with Crippen LogP contribution in [0.4, 0.5) is 0 Å². The highest BCUT2D eigenvalue weighted by Crippen LogP contribution is 2.30. The molecule has 0 radical (unpaired) electrons. The van der Waals surface area contributed by atoms with Crippen LogP contribution in [-0.4, -0.2) is 31.5 Å². The minimum atomic E-state index is -0.115. The molecular weight excluding hydrogens is 334 g/mol. The van der Waals surface area contributed by atoms with Crippen molar-refractivity contribution in [1.29, 1.82) is 0 Å². The summed E-state index contributed by atoms with van der Waals surface area (Å²) < 4.78 is 10.4. The molecule has 0 bridgehead atoms. The number of benzene rings is 1. The minimum Gasteiger partial charge on any atom is -0.497 e. The molecule has 1 aliphatic carbocycles. The maximum absolute atomic E-state index is 12.4. The highest BCUT2D eigenvalue weighted by atomic mass is 79.9. The molecule has 0 aliphatic heterocycles. The van der Waals surface area contributed by atoms with Crippen molar-refractivity contribution in [2.75, 3.05) is 20.8 Å². The van der Waals surface area contributed by atoms with Crippen LogP contribution >= 0.6 is 15.9 Å². The Morgan fingerprint density at radius 1 is 1.29 bits per heavy atom. The van der Waals surface area contributed by atoms with Gasteiger partial charge in [-0.1, -0.05) is 28.8 Å². The Hall–Kier alpha value is -1.23. The molecule has 5 heteroatoms. The van der Waals surface area contributed by atoms with Crippen LogP contribution in [0.15, 0.2) is 18.2 Å². The van der Waals surface area contributed by atoms with Gasteiger partial charge in [0.15, 0.2) is 0 Å². The first-order valence-electron chi connectivity index (χ1n) is 7.30. The number of rotatable bonds is 5. The Morgan fingerprint density at radius 2 is 2.05 bits per heavy atom. The summed E-state index contributed by atoms with van der Waals surface area (Å²) in [4.78, 5) is 12.9. The molecule has 1 aromatic rings. The van der Waals surface area contributed by atoms with E-state index < -0.39 is 0 Å². The summed E-state index contributed by atoms with van der Waals surface area (Å²) in [5.74, 6) is 1.60. The summed E-state index contributed by atoms with van der Waals surface area (Å²) in [5.41, 5.74) is 0.513. The van der Waals surface area contributed by atoms with E-state index in [1.54, 1.807) is 32.4 Å². The van der Waals surface area contributed by atoms with Gasteiger partial charge in [0.2, 0.25) is 0 Å². The van der Waals surface area contributed by atoms with Crippen LogP contribution in [0.1, 0.15) is 36.0 Å². The molecule has 0 saturated heterocycles. The topological polar surface area (TPSA) is 47.6 Å². The monoisotopic (exact) mass is 355 g/mol. The fraction of sp³-hybridized carbons (Fsp3) is 0.562. The lowest BCUT2D eigenvalue weighted by atomic mass is 9.89.